The Balaban J connectivity index is 2.35. The molecule has 1 aromatic carbocycles. The summed E-state index contributed by atoms with van der Waals surface area (Å²) >= 11 is 3.29. The van der Waals surface area contributed by atoms with Gasteiger partial charge in [0, 0.05) is 11.5 Å². The fraction of sp³-hybridized carbons (Fsp3) is 0.214. The zero-order valence-corrected chi connectivity index (χ0v) is 13.2. The number of nitrogen functional groups attached to an aromatic ring is 1. The first-order valence-corrected chi connectivity index (χ1v) is 7.09. The summed E-state index contributed by atoms with van der Waals surface area (Å²) < 4.78 is 2.22. The van der Waals surface area contributed by atoms with Gasteiger partial charge in [-0.2, -0.15) is 10.4 Å². The summed E-state index contributed by atoms with van der Waals surface area (Å²) in [6.07, 6.45) is 0.648. The Bertz CT molecular complexity index is 745. The van der Waals surface area contributed by atoms with Gasteiger partial charge >= 0.3 is 0 Å². The second kappa shape index (κ2) is 5.97. The lowest BCUT2D eigenvalue weighted by Gasteiger charge is -2.08. The second-order valence-electron chi connectivity index (χ2n) is 4.44. The molecule has 21 heavy (non-hydrogen) atoms. The number of carbonyl (C=O) groups excluding carboxylic acids is 1. The first-order chi connectivity index (χ1) is 9.97. The van der Waals surface area contributed by atoms with Crippen molar-refractivity contribution in [2.24, 2.45) is 7.05 Å². The summed E-state index contributed by atoms with van der Waals surface area (Å²) in [5.41, 5.74) is 8.09. The molecule has 0 aliphatic rings. The van der Waals surface area contributed by atoms with Crippen molar-refractivity contribution in [3.8, 4) is 6.07 Å². The van der Waals surface area contributed by atoms with Crippen molar-refractivity contribution in [1.29, 1.82) is 5.26 Å². The lowest BCUT2D eigenvalue weighted by atomic mass is 10.2. The Kier molecular flexibility index (Phi) is 4.29. The molecule has 0 bridgehead atoms. The average Bonchev–Trinajstić information content (AvgIpc) is 2.75. The van der Waals surface area contributed by atoms with Gasteiger partial charge in [-0.1, -0.05) is 22.9 Å². The van der Waals surface area contributed by atoms with Crippen molar-refractivity contribution in [3.05, 3.63) is 39.6 Å². The van der Waals surface area contributed by atoms with Gasteiger partial charge in [0.05, 0.1) is 22.6 Å². The van der Waals surface area contributed by atoms with Gasteiger partial charge in [0.15, 0.2) is 0 Å². The van der Waals surface area contributed by atoms with Crippen LogP contribution in [0.2, 0.25) is 0 Å². The van der Waals surface area contributed by atoms with Crippen molar-refractivity contribution < 1.29 is 4.79 Å². The van der Waals surface area contributed by atoms with Crippen LogP contribution < -0.4 is 11.1 Å². The maximum Gasteiger partial charge on any atom is 0.276 e. The Morgan fingerprint density at radius 1 is 1.57 bits per heavy atom. The quantitative estimate of drug-likeness (QED) is 0.890. The predicted molar refractivity (Wildman–Crippen MR) is 83.8 cm³/mol. The molecule has 0 saturated carbocycles. The number of rotatable bonds is 3. The topological polar surface area (TPSA) is 96.7 Å². The maximum absolute atomic E-state index is 12.4. The minimum Gasteiger partial charge on any atom is -0.395 e. The van der Waals surface area contributed by atoms with Crippen molar-refractivity contribution in [2.45, 2.75) is 13.3 Å². The van der Waals surface area contributed by atoms with Crippen molar-refractivity contribution in [3.63, 3.8) is 0 Å². The van der Waals surface area contributed by atoms with E-state index in [2.05, 4.69) is 26.3 Å². The van der Waals surface area contributed by atoms with E-state index >= 15 is 0 Å². The molecule has 0 atom stereocenters. The normalized spacial score (nSPS) is 10.2. The van der Waals surface area contributed by atoms with Crippen LogP contribution in [0, 0.1) is 11.3 Å². The van der Waals surface area contributed by atoms with Gasteiger partial charge in [0.25, 0.3) is 5.91 Å². The molecular formula is C14H14BrN5O. The molecule has 1 heterocycles. The summed E-state index contributed by atoms with van der Waals surface area (Å²) in [6.45, 7) is 1.92. The molecule has 2 aromatic rings. The van der Waals surface area contributed by atoms with E-state index in [1.807, 2.05) is 13.0 Å². The SMILES string of the molecule is CCc1nn(C)c(C(=O)Nc2ccc(Br)cc2C#N)c1N. The minimum atomic E-state index is -0.388. The van der Waals surface area contributed by atoms with Crippen molar-refractivity contribution in [1.82, 2.24) is 9.78 Å². The summed E-state index contributed by atoms with van der Waals surface area (Å²) in [5.74, 6) is -0.388. The molecule has 0 saturated heterocycles. The Hall–Kier alpha value is -2.33. The van der Waals surface area contributed by atoms with Crippen LogP contribution in [0.4, 0.5) is 11.4 Å². The zero-order chi connectivity index (χ0) is 15.6. The molecule has 6 nitrogen and oxygen atoms in total. The molecule has 7 heteroatoms. The van der Waals surface area contributed by atoms with E-state index in [1.165, 1.54) is 4.68 Å². The van der Waals surface area contributed by atoms with Crippen LogP contribution in [0.5, 0.6) is 0 Å². The van der Waals surface area contributed by atoms with Crippen LogP contribution in [-0.2, 0) is 13.5 Å². The molecule has 1 amide bonds. The number of nitriles is 1. The molecule has 0 aliphatic heterocycles. The Morgan fingerprint density at radius 2 is 2.29 bits per heavy atom. The monoisotopic (exact) mass is 347 g/mol. The number of carbonyl (C=O) groups is 1. The molecule has 0 spiro atoms. The highest BCUT2D eigenvalue weighted by molar-refractivity contribution is 9.10. The van der Waals surface area contributed by atoms with E-state index in [-0.39, 0.29) is 5.91 Å². The average molecular weight is 348 g/mol. The molecule has 0 radical (unpaired) electrons. The number of aryl methyl sites for hydroxylation is 2. The standard InChI is InChI=1S/C14H14BrN5O/c1-3-10-12(17)13(20(2)19-10)14(21)18-11-5-4-9(15)6-8(11)7-16/h4-6H,3,17H2,1-2H3,(H,18,21). The first-order valence-electron chi connectivity index (χ1n) is 6.30. The van der Waals surface area contributed by atoms with Crippen LogP contribution in [0.25, 0.3) is 0 Å². The molecule has 1 aromatic heterocycles. The van der Waals surface area contributed by atoms with E-state index in [9.17, 15) is 4.79 Å². The third-order valence-corrected chi connectivity index (χ3v) is 3.55. The molecule has 2 rings (SSSR count). The number of hydrogen-bond acceptors (Lipinski definition) is 4. The highest BCUT2D eigenvalue weighted by Gasteiger charge is 2.20. The first kappa shape index (κ1) is 15.1. The number of nitrogens with two attached hydrogens (primary N) is 1. The van der Waals surface area contributed by atoms with E-state index < -0.39 is 0 Å². The highest BCUT2D eigenvalue weighted by atomic mass is 79.9. The molecule has 0 aliphatic carbocycles. The lowest BCUT2D eigenvalue weighted by molar-refractivity contribution is 0.101. The van der Waals surface area contributed by atoms with Gasteiger partial charge in [-0.3, -0.25) is 9.48 Å². The van der Waals surface area contributed by atoms with E-state index in [0.717, 1.165) is 4.47 Å². The number of nitrogens with zero attached hydrogens (tertiary/aromatic N) is 3. The highest BCUT2D eigenvalue weighted by Crippen LogP contribution is 2.23. The molecular weight excluding hydrogens is 334 g/mol. The lowest BCUT2D eigenvalue weighted by Crippen LogP contribution is -2.18. The number of anilines is 2. The van der Waals surface area contributed by atoms with Crippen LogP contribution in [-0.4, -0.2) is 15.7 Å². The van der Waals surface area contributed by atoms with E-state index in [0.29, 0.717) is 34.7 Å². The largest absolute Gasteiger partial charge is 0.395 e. The number of halogens is 1. The summed E-state index contributed by atoms with van der Waals surface area (Å²) in [4.78, 5) is 12.4. The van der Waals surface area contributed by atoms with Gasteiger partial charge < -0.3 is 11.1 Å². The van der Waals surface area contributed by atoms with Crippen LogP contribution >= 0.6 is 15.9 Å². The van der Waals surface area contributed by atoms with Gasteiger partial charge in [-0.05, 0) is 24.6 Å². The summed E-state index contributed by atoms with van der Waals surface area (Å²) in [5, 5.41) is 16.0. The van der Waals surface area contributed by atoms with Crippen molar-refractivity contribution in [2.75, 3.05) is 11.1 Å². The minimum absolute atomic E-state index is 0.290. The second-order valence-corrected chi connectivity index (χ2v) is 5.36. The Labute approximate surface area is 130 Å². The summed E-state index contributed by atoms with van der Waals surface area (Å²) in [7, 11) is 1.66. The zero-order valence-electron chi connectivity index (χ0n) is 11.6. The third-order valence-electron chi connectivity index (χ3n) is 3.06. The van der Waals surface area contributed by atoms with E-state index in [4.69, 9.17) is 11.0 Å². The molecule has 0 unspecified atom stereocenters. The number of nitrogens with one attached hydrogen (secondary N) is 1. The van der Waals surface area contributed by atoms with Gasteiger partial charge in [0.1, 0.15) is 11.8 Å². The maximum atomic E-state index is 12.4. The molecule has 3 N–H and O–H groups in total. The number of hydrogen-bond donors (Lipinski definition) is 2. The third kappa shape index (κ3) is 2.90. The number of aromatic nitrogens is 2. The van der Waals surface area contributed by atoms with Gasteiger partial charge in [-0.15, -0.1) is 0 Å². The van der Waals surface area contributed by atoms with Crippen LogP contribution in [0.15, 0.2) is 22.7 Å². The number of benzene rings is 1. The number of amides is 1. The van der Waals surface area contributed by atoms with Crippen LogP contribution in [0.3, 0.4) is 0 Å². The molecule has 108 valence electrons. The smallest absolute Gasteiger partial charge is 0.276 e. The Morgan fingerprint density at radius 3 is 2.86 bits per heavy atom. The fourth-order valence-electron chi connectivity index (χ4n) is 2.03. The fourth-order valence-corrected chi connectivity index (χ4v) is 2.39. The van der Waals surface area contributed by atoms with Gasteiger partial charge in [0.2, 0.25) is 0 Å². The van der Waals surface area contributed by atoms with Gasteiger partial charge in [-0.25, -0.2) is 0 Å². The van der Waals surface area contributed by atoms with Crippen molar-refractivity contribution >= 4 is 33.2 Å². The summed E-state index contributed by atoms with van der Waals surface area (Å²) in [6, 6.07) is 7.09. The molecule has 0 fully saturated rings. The van der Waals surface area contributed by atoms with E-state index in [1.54, 1.807) is 25.2 Å². The van der Waals surface area contributed by atoms with Crippen LogP contribution in [0.1, 0.15) is 28.7 Å². The predicted octanol–water partition coefficient (Wildman–Crippen LogP) is 2.45.